The van der Waals surface area contributed by atoms with Crippen molar-refractivity contribution in [1.29, 1.82) is 0 Å². The number of rotatable bonds is 3. The monoisotopic (exact) mass is 303 g/mol. The number of ether oxygens (including phenoxy) is 1. The third kappa shape index (κ3) is 2.40. The lowest BCUT2D eigenvalue weighted by atomic mass is 9.93. The number of halogens is 1. The van der Waals surface area contributed by atoms with E-state index in [1.807, 2.05) is 13.8 Å². The van der Waals surface area contributed by atoms with Crippen LogP contribution in [0.25, 0.3) is 0 Å². The van der Waals surface area contributed by atoms with E-state index in [0.717, 1.165) is 17.7 Å². The molecule has 5 heteroatoms. The summed E-state index contributed by atoms with van der Waals surface area (Å²) in [5.74, 6) is -0.935. The molecule has 2 aliphatic rings. The van der Waals surface area contributed by atoms with E-state index in [1.54, 1.807) is 0 Å². The predicted molar refractivity (Wildman–Crippen MR) is 80.2 cm³/mol. The van der Waals surface area contributed by atoms with E-state index in [2.05, 4.69) is 0 Å². The van der Waals surface area contributed by atoms with E-state index in [1.165, 1.54) is 18.2 Å². The number of hydrogen-bond donors (Lipinski definition) is 0. The Hall–Kier alpha value is -2.17. The van der Waals surface area contributed by atoms with Gasteiger partial charge in [-0.05, 0) is 51.7 Å². The largest absolute Gasteiger partial charge is 0.491 e. The molecule has 0 radical (unpaired) electrons. The molecule has 0 saturated heterocycles. The van der Waals surface area contributed by atoms with Crippen LogP contribution in [0.5, 0.6) is 5.75 Å². The summed E-state index contributed by atoms with van der Waals surface area (Å²) in [6.07, 6.45) is 2.91. The second kappa shape index (κ2) is 5.55. The van der Waals surface area contributed by atoms with Crippen molar-refractivity contribution in [1.82, 2.24) is 0 Å². The Balaban J connectivity index is 1.98. The van der Waals surface area contributed by atoms with Gasteiger partial charge in [0.05, 0.1) is 11.8 Å². The number of hydrogen-bond acceptors (Lipinski definition) is 3. The van der Waals surface area contributed by atoms with Gasteiger partial charge in [-0.1, -0.05) is 0 Å². The van der Waals surface area contributed by atoms with Gasteiger partial charge in [-0.2, -0.15) is 0 Å². The highest BCUT2D eigenvalue weighted by Crippen LogP contribution is 2.37. The number of benzene rings is 1. The zero-order valence-electron chi connectivity index (χ0n) is 12.7. The molecule has 0 spiro atoms. The average Bonchev–Trinajstić information content (AvgIpc) is 2.73. The van der Waals surface area contributed by atoms with Crippen LogP contribution in [-0.4, -0.2) is 17.9 Å². The van der Waals surface area contributed by atoms with E-state index >= 15 is 0 Å². The minimum absolute atomic E-state index is 0.0254. The van der Waals surface area contributed by atoms with Crippen molar-refractivity contribution in [3.05, 3.63) is 35.2 Å². The lowest BCUT2D eigenvalue weighted by Crippen LogP contribution is -2.32. The number of nitrogens with zero attached hydrogens (tertiary/aromatic N) is 1. The highest BCUT2D eigenvalue weighted by Gasteiger charge is 2.40. The maximum Gasteiger partial charge on any atom is 0.261 e. The molecule has 1 aromatic carbocycles. The van der Waals surface area contributed by atoms with E-state index < -0.39 is 5.82 Å². The molecule has 4 nitrogen and oxygen atoms in total. The molecule has 3 rings (SSSR count). The van der Waals surface area contributed by atoms with Crippen LogP contribution < -0.4 is 9.64 Å². The Kier molecular flexibility index (Phi) is 3.72. The summed E-state index contributed by atoms with van der Waals surface area (Å²) in [4.78, 5) is 25.9. The summed E-state index contributed by atoms with van der Waals surface area (Å²) in [6.45, 7) is 3.71. The van der Waals surface area contributed by atoms with Gasteiger partial charge in [-0.3, -0.25) is 9.59 Å². The smallest absolute Gasteiger partial charge is 0.261 e. The normalized spacial score (nSPS) is 18.3. The van der Waals surface area contributed by atoms with Crippen LogP contribution in [0.3, 0.4) is 0 Å². The molecular weight excluding hydrogens is 285 g/mol. The fourth-order valence-corrected chi connectivity index (χ4v) is 2.97. The molecule has 1 aliphatic heterocycles. The third-order valence-corrected chi connectivity index (χ3v) is 3.92. The number of carbonyl (C=O) groups is 2. The Morgan fingerprint density at radius 2 is 1.68 bits per heavy atom. The first-order valence-corrected chi connectivity index (χ1v) is 7.56. The standard InChI is InChI=1S/C17H18FNO3/c1-10(2)22-11-7-8-14(18)15(9-11)19-16(20)12-5-3-4-6-13(12)17(19)21/h7-10H,3-6H2,1-2H3. The zero-order valence-corrected chi connectivity index (χ0v) is 12.7. The molecule has 116 valence electrons. The van der Waals surface area contributed by atoms with Gasteiger partial charge < -0.3 is 4.74 Å². The van der Waals surface area contributed by atoms with Crippen LogP contribution in [0.15, 0.2) is 29.3 Å². The maximum atomic E-state index is 14.2. The molecule has 22 heavy (non-hydrogen) atoms. The van der Waals surface area contributed by atoms with E-state index in [4.69, 9.17) is 4.74 Å². The lowest BCUT2D eigenvalue weighted by molar-refractivity contribution is -0.120. The second-order valence-electron chi connectivity index (χ2n) is 5.89. The fourth-order valence-electron chi connectivity index (χ4n) is 2.97. The number of carbonyl (C=O) groups excluding carboxylic acids is 2. The first kappa shape index (κ1) is 14.8. The van der Waals surface area contributed by atoms with Crippen LogP contribution in [-0.2, 0) is 9.59 Å². The van der Waals surface area contributed by atoms with Crippen molar-refractivity contribution in [2.45, 2.75) is 45.6 Å². The molecule has 0 unspecified atom stereocenters. The predicted octanol–water partition coefficient (Wildman–Crippen LogP) is 3.36. The fraction of sp³-hybridized carbons (Fsp3) is 0.412. The van der Waals surface area contributed by atoms with Crippen molar-refractivity contribution in [3.8, 4) is 5.75 Å². The van der Waals surface area contributed by atoms with Crippen LogP contribution in [0.2, 0.25) is 0 Å². The maximum absolute atomic E-state index is 14.2. The molecule has 1 aromatic rings. The number of anilines is 1. The summed E-state index contributed by atoms with van der Waals surface area (Å²) in [6, 6.07) is 4.14. The number of amides is 2. The molecule has 0 fully saturated rings. The van der Waals surface area contributed by atoms with Gasteiger partial charge >= 0.3 is 0 Å². The topological polar surface area (TPSA) is 46.6 Å². The van der Waals surface area contributed by atoms with Gasteiger partial charge in [-0.15, -0.1) is 0 Å². The van der Waals surface area contributed by atoms with Crippen molar-refractivity contribution >= 4 is 17.5 Å². The molecule has 2 amide bonds. The van der Waals surface area contributed by atoms with Crippen molar-refractivity contribution in [3.63, 3.8) is 0 Å². The first-order chi connectivity index (χ1) is 10.5. The van der Waals surface area contributed by atoms with Gasteiger partial charge in [-0.25, -0.2) is 9.29 Å². The number of imide groups is 1. The van der Waals surface area contributed by atoms with Crippen LogP contribution in [0, 0.1) is 5.82 Å². The molecule has 0 saturated carbocycles. The second-order valence-corrected chi connectivity index (χ2v) is 5.89. The van der Waals surface area contributed by atoms with Crippen molar-refractivity contribution in [2.75, 3.05) is 4.90 Å². The van der Waals surface area contributed by atoms with Gasteiger partial charge in [0.2, 0.25) is 0 Å². The summed E-state index contributed by atoms with van der Waals surface area (Å²) in [5, 5.41) is 0. The van der Waals surface area contributed by atoms with E-state index in [0.29, 0.717) is 29.7 Å². The van der Waals surface area contributed by atoms with Crippen LogP contribution >= 0.6 is 0 Å². The van der Waals surface area contributed by atoms with Crippen molar-refractivity contribution in [2.24, 2.45) is 0 Å². The summed E-state index contributed by atoms with van der Waals surface area (Å²) in [5.41, 5.74) is 1.07. The Morgan fingerprint density at radius 1 is 1.09 bits per heavy atom. The molecule has 0 N–H and O–H groups in total. The zero-order chi connectivity index (χ0) is 15.9. The SMILES string of the molecule is CC(C)Oc1ccc(F)c(N2C(=O)C3=C(CCCC3)C2=O)c1. The molecule has 1 heterocycles. The highest BCUT2D eigenvalue weighted by molar-refractivity contribution is 6.33. The minimum Gasteiger partial charge on any atom is -0.491 e. The molecule has 0 aromatic heterocycles. The lowest BCUT2D eigenvalue weighted by Gasteiger charge is -2.18. The summed E-state index contributed by atoms with van der Waals surface area (Å²) < 4.78 is 19.7. The van der Waals surface area contributed by atoms with Gasteiger partial charge in [0.1, 0.15) is 11.6 Å². The molecule has 0 atom stereocenters. The van der Waals surface area contributed by atoms with E-state index in [-0.39, 0.29) is 23.6 Å². The Morgan fingerprint density at radius 3 is 2.23 bits per heavy atom. The summed E-state index contributed by atoms with van der Waals surface area (Å²) in [7, 11) is 0. The summed E-state index contributed by atoms with van der Waals surface area (Å²) >= 11 is 0. The van der Waals surface area contributed by atoms with Crippen LogP contribution in [0.4, 0.5) is 10.1 Å². The Labute approximate surface area is 128 Å². The average molecular weight is 303 g/mol. The molecular formula is C17H18FNO3. The molecule has 0 bridgehead atoms. The molecule has 1 aliphatic carbocycles. The van der Waals surface area contributed by atoms with E-state index in [9.17, 15) is 14.0 Å². The first-order valence-electron chi connectivity index (χ1n) is 7.56. The van der Waals surface area contributed by atoms with Gasteiger partial charge in [0, 0.05) is 17.2 Å². The third-order valence-electron chi connectivity index (χ3n) is 3.92. The minimum atomic E-state index is -0.599. The van der Waals surface area contributed by atoms with Crippen LogP contribution in [0.1, 0.15) is 39.5 Å². The highest BCUT2D eigenvalue weighted by atomic mass is 19.1. The Bertz CT molecular complexity index is 650. The quantitative estimate of drug-likeness (QED) is 0.804. The van der Waals surface area contributed by atoms with Crippen molar-refractivity contribution < 1.29 is 18.7 Å². The van der Waals surface area contributed by atoms with Gasteiger partial charge in [0.15, 0.2) is 0 Å². The van der Waals surface area contributed by atoms with Gasteiger partial charge in [0.25, 0.3) is 11.8 Å².